The van der Waals surface area contributed by atoms with Crippen molar-refractivity contribution in [3.05, 3.63) is 65.7 Å². The van der Waals surface area contributed by atoms with Gasteiger partial charge in [0.25, 0.3) is 0 Å². The summed E-state index contributed by atoms with van der Waals surface area (Å²) in [6, 6.07) is 18.9. The fraction of sp³-hybridized carbons (Fsp3) is 0.333. The van der Waals surface area contributed by atoms with Crippen molar-refractivity contribution in [3.8, 4) is 5.75 Å². The maximum atomic E-state index is 5.88. The third-order valence-electron chi connectivity index (χ3n) is 3.44. The highest BCUT2D eigenvalue weighted by atomic mass is 16.5. The van der Waals surface area contributed by atoms with Crippen LogP contribution in [0.1, 0.15) is 31.0 Å². The Labute approximate surface area is 121 Å². The molecule has 0 fully saturated rings. The van der Waals surface area contributed by atoms with E-state index in [-0.39, 0.29) is 0 Å². The van der Waals surface area contributed by atoms with E-state index in [0.29, 0.717) is 18.6 Å². The van der Waals surface area contributed by atoms with Crippen molar-refractivity contribution in [2.75, 3.05) is 7.05 Å². The molecule has 20 heavy (non-hydrogen) atoms. The molecule has 0 aromatic heterocycles. The van der Waals surface area contributed by atoms with Crippen LogP contribution in [0.3, 0.4) is 0 Å². The minimum absolute atomic E-state index is 0.357. The van der Waals surface area contributed by atoms with Gasteiger partial charge in [0.15, 0.2) is 0 Å². The number of hydrogen-bond acceptors (Lipinski definition) is 2. The summed E-state index contributed by atoms with van der Waals surface area (Å²) in [7, 11) is 2.00. The molecule has 0 aliphatic rings. The van der Waals surface area contributed by atoms with Gasteiger partial charge in [-0.1, -0.05) is 56.3 Å². The van der Waals surface area contributed by atoms with Crippen LogP contribution < -0.4 is 10.1 Å². The first kappa shape index (κ1) is 14.6. The van der Waals surface area contributed by atoms with Crippen molar-refractivity contribution < 1.29 is 4.74 Å². The number of ether oxygens (including phenoxy) is 1. The Bertz CT molecular complexity index is 522. The SMILES string of the molecule is CNC(c1cccc(OCc2ccccc2)c1)C(C)C. The Morgan fingerprint density at radius 3 is 2.40 bits per heavy atom. The van der Waals surface area contributed by atoms with Crippen molar-refractivity contribution in [3.63, 3.8) is 0 Å². The molecule has 0 saturated heterocycles. The molecule has 2 rings (SSSR count). The lowest BCUT2D eigenvalue weighted by molar-refractivity contribution is 0.305. The number of hydrogen-bond donors (Lipinski definition) is 1. The number of nitrogens with one attached hydrogen (secondary N) is 1. The predicted molar refractivity (Wildman–Crippen MR) is 83.9 cm³/mol. The normalized spacial score (nSPS) is 12.4. The second kappa shape index (κ2) is 7.11. The van der Waals surface area contributed by atoms with Crippen molar-refractivity contribution in [2.24, 2.45) is 5.92 Å². The van der Waals surface area contributed by atoms with Gasteiger partial charge in [0, 0.05) is 6.04 Å². The summed E-state index contributed by atoms with van der Waals surface area (Å²) in [5, 5.41) is 3.36. The molecule has 0 aliphatic heterocycles. The molecule has 1 unspecified atom stereocenters. The van der Waals surface area contributed by atoms with Crippen molar-refractivity contribution in [1.82, 2.24) is 5.32 Å². The van der Waals surface area contributed by atoms with Crippen LogP contribution in [0.4, 0.5) is 0 Å². The van der Waals surface area contributed by atoms with E-state index in [2.05, 4.69) is 49.5 Å². The molecule has 0 bridgehead atoms. The molecule has 2 aromatic carbocycles. The van der Waals surface area contributed by atoms with Gasteiger partial charge in [0.1, 0.15) is 12.4 Å². The molecule has 0 aliphatic carbocycles. The van der Waals surface area contributed by atoms with Gasteiger partial charge in [-0.05, 0) is 36.2 Å². The van der Waals surface area contributed by atoms with Gasteiger partial charge in [0.05, 0.1) is 0 Å². The summed E-state index contributed by atoms with van der Waals surface area (Å²) in [6.07, 6.45) is 0. The van der Waals surface area contributed by atoms with E-state index in [1.807, 2.05) is 31.3 Å². The zero-order valence-corrected chi connectivity index (χ0v) is 12.5. The van der Waals surface area contributed by atoms with Crippen molar-refractivity contribution in [1.29, 1.82) is 0 Å². The lowest BCUT2D eigenvalue weighted by Gasteiger charge is -2.21. The molecule has 1 N–H and O–H groups in total. The second-order valence-corrected chi connectivity index (χ2v) is 5.36. The lowest BCUT2D eigenvalue weighted by Crippen LogP contribution is -2.21. The topological polar surface area (TPSA) is 21.3 Å². The molecule has 0 amide bonds. The standard InChI is InChI=1S/C18H23NO/c1-14(2)18(19-3)16-10-7-11-17(12-16)20-13-15-8-5-4-6-9-15/h4-12,14,18-19H,13H2,1-3H3. The van der Waals surface area contributed by atoms with Gasteiger partial charge in [-0.3, -0.25) is 0 Å². The second-order valence-electron chi connectivity index (χ2n) is 5.36. The summed E-state index contributed by atoms with van der Waals surface area (Å²) in [5.41, 5.74) is 2.46. The Morgan fingerprint density at radius 2 is 1.75 bits per heavy atom. The van der Waals surface area contributed by atoms with Crippen LogP contribution in [0.2, 0.25) is 0 Å². The largest absolute Gasteiger partial charge is 0.489 e. The van der Waals surface area contributed by atoms with Gasteiger partial charge in [0.2, 0.25) is 0 Å². The average Bonchev–Trinajstić information content (AvgIpc) is 2.47. The third kappa shape index (κ3) is 3.84. The molecule has 0 radical (unpaired) electrons. The van der Waals surface area contributed by atoms with Crippen LogP contribution in [0, 0.1) is 5.92 Å². The molecule has 106 valence electrons. The summed E-state index contributed by atoms with van der Waals surface area (Å²) < 4.78 is 5.88. The average molecular weight is 269 g/mol. The van der Waals surface area contributed by atoms with Crippen molar-refractivity contribution >= 4 is 0 Å². The fourth-order valence-corrected chi connectivity index (χ4v) is 2.42. The summed E-state index contributed by atoms with van der Waals surface area (Å²) in [4.78, 5) is 0. The van der Waals surface area contributed by atoms with Crippen LogP contribution >= 0.6 is 0 Å². The highest BCUT2D eigenvalue weighted by molar-refractivity contribution is 5.31. The highest BCUT2D eigenvalue weighted by Crippen LogP contribution is 2.25. The maximum absolute atomic E-state index is 5.88. The first-order valence-electron chi connectivity index (χ1n) is 7.14. The minimum atomic E-state index is 0.357. The number of rotatable bonds is 6. The van der Waals surface area contributed by atoms with E-state index in [4.69, 9.17) is 4.74 Å². The van der Waals surface area contributed by atoms with Gasteiger partial charge >= 0.3 is 0 Å². The minimum Gasteiger partial charge on any atom is -0.489 e. The van der Waals surface area contributed by atoms with Crippen molar-refractivity contribution in [2.45, 2.75) is 26.5 Å². The first-order valence-corrected chi connectivity index (χ1v) is 7.14. The fourth-order valence-electron chi connectivity index (χ4n) is 2.42. The molecule has 0 saturated carbocycles. The Kier molecular flexibility index (Phi) is 5.19. The van der Waals surface area contributed by atoms with E-state index in [9.17, 15) is 0 Å². The predicted octanol–water partition coefficient (Wildman–Crippen LogP) is 4.18. The third-order valence-corrected chi connectivity index (χ3v) is 3.44. The Balaban J connectivity index is 2.06. The molecule has 2 aromatic rings. The summed E-state index contributed by atoms with van der Waals surface area (Å²) in [6.45, 7) is 5.05. The van der Waals surface area contributed by atoms with Gasteiger partial charge in [-0.15, -0.1) is 0 Å². The number of benzene rings is 2. The molecule has 1 atom stereocenters. The van der Waals surface area contributed by atoms with Gasteiger partial charge in [-0.2, -0.15) is 0 Å². The first-order chi connectivity index (χ1) is 9.70. The van der Waals surface area contributed by atoms with Crippen LogP contribution in [-0.2, 0) is 6.61 Å². The van der Waals surface area contributed by atoms with Crippen LogP contribution in [0.5, 0.6) is 5.75 Å². The van der Waals surface area contributed by atoms with Crippen LogP contribution in [-0.4, -0.2) is 7.05 Å². The summed E-state index contributed by atoms with van der Waals surface area (Å²) >= 11 is 0. The molecule has 2 heteroatoms. The van der Waals surface area contributed by atoms with Crippen LogP contribution in [0.15, 0.2) is 54.6 Å². The Hall–Kier alpha value is -1.80. The summed E-state index contributed by atoms with van der Waals surface area (Å²) in [5.74, 6) is 1.47. The molecular weight excluding hydrogens is 246 g/mol. The molecule has 0 heterocycles. The van der Waals surface area contributed by atoms with E-state index >= 15 is 0 Å². The van der Waals surface area contributed by atoms with Gasteiger partial charge in [-0.25, -0.2) is 0 Å². The zero-order chi connectivity index (χ0) is 14.4. The molecule has 0 spiro atoms. The van der Waals surface area contributed by atoms with E-state index < -0.39 is 0 Å². The highest BCUT2D eigenvalue weighted by Gasteiger charge is 2.13. The monoisotopic (exact) mass is 269 g/mol. The van der Waals surface area contributed by atoms with E-state index in [1.54, 1.807) is 0 Å². The maximum Gasteiger partial charge on any atom is 0.120 e. The molecular formula is C18H23NO. The molecule has 2 nitrogen and oxygen atoms in total. The van der Waals surface area contributed by atoms with Gasteiger partial charge < -0.3 is 10.1 Å². The quantitative estimate of drug-likeness (QED) is 0.849. The van der Waals surface area contributed by atoms with Crippen LogP contribution in [0.25, 0.3) is 0 Å². The lowest BCUT2D eigenvalue weighted by atomic mass is 9.96. The van der Waals surface area contributed by atoms with E-state index in [1.165, 1.54) is 11.1 Å². The Morgan fingerprint density at radius 1 is 1.00 bits per heavy atom. The zero-order valence-electron chi connectivity index (χ0n) is 12.5. The van der Waals surface area contributed by atoms with E-state index in [0.717, 1.165) is 5.75 Å². The smallest absolute Gasteiger partial charge is 0.120 e.